The number of hydrogen-bond acceptors (Lipinski definition) is 4. The fourth-order valence-electron chi connectivity index (χ4n) is 4.12. The van der Waals surface area contributed by atoms with E-state index in [2.05, 4.69) is 52.3 Å². The van der Waals surface area contributed by atoms with Gasteiger partial charge in [0, 0.05) is 24.0 Å². The Morgan fingerprint density at radius 3 is 2.86 bits per heavy atom. The Balaban J connectivity index is 1.39. The van der Waals surface area contributed by atoms with Crippen LogP contribution in [-0.2, 0) is 6.54 Å². The largest absolute Gasteiger partial charge is 0.337 e. The van der Waals surface area contributed by atoms with E-state index in [9.17, 15) is 0 Å². The quantitative estimate of drug-likeness (QED) is 0.512. The van der Waals surface area contributed by atoms with Gasteiger partial charge in [-0.15, -0.1) is 11.3 Å². The minimum Gasteiger partial charge on any atom is -0.337 e. The second kappa shape index (κ2) is 7.51. The molecule has 3 N–H and O–H groups in total. The molecule has 2 aromatic carbocycles. The lowest BCUT2D eigenvalue weighted by Crippen LogP contribution is -2.34. The van der Waals surface area contributed by atoms with Gasteiger partial charge in [0.1, 0.15) is 5.82 Å². The number of rotatable bonds is 5. The zero-order valence-electron chi connectivity index (χ0n) is 15.8. The van der Waals surface area contributed by atoms with Crippen LogP contribution in [0.15, 0.2) is 60.7 Å². The molecule has 1 unspecified atom stereocenters. The van der Waals surface area contributed by atoms with Gasteiger partial charge in [-0.2, -0.15) is 0 Å². The third kappa shape index (κ3) is 3.37. The maximum atomic E-state index is 5.94. The van der Waals surface area contributed by atoms with Crippen LogP contribution in [0.3, 0.4) is 0 Å². The monoisotopic (exact) mass is 388 g/mol. The SMILES string of the molecule is NCC1CCCN1Cc1cccc(-c2ccc(-c3nc4ccccc4[nH]3)s2)c1. The molecule has 2 aromatic heterocycles. The van der Waals surface area contributed by atoms with E-state index in [-0.39, 0.29) is 0 Å². The van der Waals surface area contributed by atoms with Gasteiger partial charge in [-0.1, -0.05) is 30.3 Å². The Morgan fingerprint density at radius 2 is 1.96 bits per heavy atom. The molecule has 1 fully saturated rings. The molecule has 28 heavy (non-hydrogen) atoms. The predicted octanol–water partition coefficient (Wildman–Crippen LogP) is 4.88. The van der Waals surface area contributed by atoms with Gasteiger partial charge in [-0.25, -0.2) is 4.98 Å². The van der Waals surface area contributed by atoms with Crippen LogP contribution in [0.2, 0.25) is 0 Å². The van der Waals surface area contributed by atoms with Gasteiger partial charge >= 0.3 is 0 Å². The topological polar surface area (TPSA) is 57.9 Å². The molecular formula is C23H24N4S. The number of aromatic amines is 1. The number of nitrogens with two attached hydrogens (primary N) is 1. The molecule has 1 aliphatic rings. The van der Waals surface area contributed by atoms with Crippen LogP contribution < -0.4 is 5.73 Å². The molecule has 3 heterocycles. The lowest BCUT2D eigenvalue weighted by Gasteiger charge is -2.23. The number of H-pyrrole nitrogens is 1. The van der Waals surface area contributed by atoms with Gasteiger partial charge in [0.15, 0.2) is 0 Å². The molecule has 4 aromatic rings. The maximum absolute atomic E-state index is 5.94. The summed E-state index contributed by atoms with van der Waals surface area (Å²) in [7, 11) is 0. The van der Waals surface area contributed by atoms with Gasteiger partial charge in [-0.05, 0) is 60.8 Å². The molecule has 0 saturated carbocycles. The van der Waals surface area contributed by atoms with Crippen molar-refractivity contribution in [2.45, 2.75) is 25.4 Å². The highest BCUT2D eigenvalue weighted by Gasteiger charge is 2.23. The summed E-state index contributed by atoms with van der Waals surface area (Å²) in [6.45, 7) is 2.89. The van der Waals surface area contributed by atoms with Crippen molar-refractivity contribution in [3.63, 3.8) is 0 Å². The Hall–Kier alpha value is -2.47. The van der Waals surface area contributed by atoms with Crippen molar-refractivity contribution < 1.29 is 0 Å². The molecule has 1 saturated heterocycles. The first-order valence-electron chi connectivity index (χ1n) is 9.88. The Labute approximate surface area is 169 Å². The van der Waals surface area contributed by atoms with Crippen LogP contribution in [0.25, 0.3) is 32.2 Å². The van der Waals surface area contributed by atoms with Crippen molar-refractivity contribution in [2.75, 3.05) is 13.1 Å². The van der Waals surface area contributed by atoms with Gasteiger partial charge in [-0.3, -0.25) is 4.90 Å². The molecule has 0 bridgehead atoms. The minimum absolute atomic E-state index is 0.532. The maximum Gasteiger partial charge on any atom is 0.148 e. The van der Waals surface area contributed by atoms with Crippen molar-refractivity contribution >= 4 is 22.4 Å². The molecule has 5 rings (SSSR count). The molecule has 5 heteroatoms. The molecule has 4 nitrogen and oxygen atoms in total. The van der Waals surface area contributed by atoms with Crippen LogP contribution in [0.5, 0.6) is 0 Å². The zero-order valence-corrected chi connectivity index (χ0v) is 16.6. The van der Waals surface area contributed by atoms with E-state index in [0.717, 1.165) is 36.5 Å². The number of benzene rings is 2. The van der Waals surface area contributed by atoms with Crippen molar-refractivity contribution in [1.29, 1.82) is 0 Å². The van der Waals surface area contributed by atoms with E-state index >= 15 is 0 Å². The van der Waals surface area contributed by atoms with E-state index in [0.29, 0.717) is 6.04 Å². The van der Waals surface area contributed by atoms with Crippen LogP contribution in [0.1, 0.15) is 18.4 Å². The normalized spacial score (nSPS) is 17.5. The first kappa shape index (κ1) is 17.6. The van der Waals surface area contributed by atoms with Crippen LogP contribution in [-0.4, -0.2) is 34.0 Å². The smallest absolute Gasteiger partial charge is 0.148 e. The molecule has 0 radical (unpaired) electrons. The summed E-state index contributed by atoms with van der Waals surface area (Å²) in [4.78, 5) is 13.1. The Kier molecular flexibility index (Phi) is 4.72. The molecule has 142 valence electrons. The second-order valence-electron chi connectivity index (χ2n) is 7.47. The summed E-state index contributed by atoms with van der Waals surface area (Å²) in [6.07, 6.45) is 2.48. The lowest BCUT2D eigenvalue weighted by molar-refractivity contribution is 0.250. The van der Waals surface area contributed by atoms with E-state index in [1.165, 1.54) is 33.7 Å². The van der Waals surface area contributed by atoms with Crippen molar-refractivity contribution in [2.24, 2.45) is 5.73 Å². The molecular weight excluding hydrogens is 364 g/mol. The van der Waals surface area contributed by atoms with E-state index in [4.69, 9.17) is 10.7 Å². The summed E-state index contributed by atoms with van der Waals surface area (Å²) in [5.74, 6) is 0.941. The van der Waals surface area contributed by atoms with Crippen molar-refractivity contribution in [1.82, 2.24) is 14.9 Å². The van der Waals surface area contributed by atoms with Crippen LogP contribution in [0.4, 0.5) is 0 Å². The number of imidazole rings is 1. The fourth-order valence-corrected chi connectivity index (χ4v) is 5.06. The van der Waals surface area contributed by atoms with Crippen LogP contribution in [0, 0.1) is 0 Å². The van der Waals surface area contributed by atoms with E-state index in [1.807, 2.05) is 18.2 Å². The average Bonchev–Trinajstić information content (AvgIpc) is 3.46. The first-order valence-corrected chi connectivity index (χ1v) is 10.7. The number of nitrogens with one attached hydrogen (secondary N) is 1. The highest BCUT2D eigenvalue weighted by atomic mass is 32.1. The highest BCUT2D eigenvalue weighted by molar-refractivity contribution is 7.18. The zero-order chi connectivity index (χ0) is 18.9. The molecule has 1 aliphatic heterocycles. The van der Waals surface area contributed by atoms with Crippen molar-refractivity contribution in [3.05, 3.63) is 66.2 Å². The Morgan fingerprint density at radius 1 is 1.07 bits per heavy atom. The molecule has 0 spiro atoms. The summed E-state index contributed by atoms with van der Waals surface area (Å²) in [5.41, 5.74) is 10.7. The highest BCUT2D eigenvalue weighted by Crippen LogP contribution is 2.34. The average molecular weight is 389 g/mol. The number of likely N-dealkylation sites (tertiary alicyclic amines) is 1. The number of fused-ring (bicyclic) bond motifs is 1. The Bertz CT molecular complexity index is 1060. The van der Waals surface area contributed by atoms with Gasteiger partial charge in [0.2, 0.25) is 0 Å². The fraction of sp³-hybridized carbons (Fsp3) is 0.261. The number of nitrogens with zero attached hydrogens (tertiary/aromatic N) is 2. The predicted molar refractivity (Wildman–Crippen MR) is 117 cm³/mol. The first-order chi connectivity index (χ1) is 13.8. The van der Waals surface area contributed by atoms with Gasteiger partial charge < -0.3 is 10.7 Å². The molecule has 0 aliphatic carbocycles. The third-order valence-electron chi connectivity index (χ3n) is 5.60. The number of thiophene rings is 1. The number of para-hydroxylation sites is 2. The van der Waals surface area contributed by atoms with Gasteiger partial charge in [0.25, 0.3) is 0 Å². The molecule has 1 atom stereocenters. The summed E-state index contributed by atoms with van der Waals surface area (Å²) < 4.78 is 0. The third-order valence-corrected chi connectivity index (χ3v) is 6.74. The lowest BCUT2D eigenvalue weighted by atomic mass is 10.1. The molecule has 0 amide bonds. The number of aromatic nitrogens is 2. The van der Waals surface area contributed by atoms with Crippen LogP contribution >= 0.6 is 11.3 Å². The summed E-state index contributed by atoms with van der Waals surface area (Å²) in [5, 5.41) is 0. The summed E-state index contributed by atoms with van der Waals surface area (Å²) >= 11 is 1.78. The minimum atomic E-state index is 0.532. The van der Waals surface area contributed by atoms with Gasteiger partial charge in [0.05, 0.1) is 15.9 Å². The standard InChI is InChI=1S/C23H24N4S/c24-14-18-7-4-12-27(18)15-16-5-3-6-17(13-16)21-10-11-22(28-21)23-25-19-8-1-2-9-20(19)26-23/h1-3,5-6,8-11,13,18H,4,7,12,14-15,24H2,(H,25,26). The number of hydrogen-bond donors (Lipinski definition) is 2. The van der Waals surface area contributed by atoms with E-state index < -0.39 is 0 Å². The van der Waals surface area contributed by atoms with E-state index in [1.54, 1.807) is 11.3 Å². The van der Waals surface area contributed by atoms with Crippen molar-refractivity contribution in [3.8, 4) is 21.1 Å². The second-order valence-corrected chi connectivity index (χ2v) is 8.55. The summed E-state index contributed by atoms with van der Waals surface area (Å²) in [6, 6.07) is 22.0.